The molecule has 0 radical (unpaired) electrons. The molecule has 1 aliphatic carbocycles. The molecule has 1 aromatic carbocycles. The summed E-state index contributed by atoms with van der Waals surface area (Å²) in [5.74, 6) is 0.619. The largest absolute Gasteiger partial charge is 0.349 e. The fourth-order valence-corrected chi connectivity index (χ4v) is 3.56. The standard InChI is InChI=1S/C20H21N3O2/c1-13-6-9-15(10-7-13)21-19(24)14-8-11-18-22-17-5-3-2-4-16(17)20(25)23(18)12-14/h2-5,8,11-13,15H,6-7,9-10H2,1H3,(H,21,24). The van der Waals surface area contributed by atoms with Crippen LogP contribution in [0.2, 0.25) is 0 Å². The van der Waals surface area contributed by atoms with Crippen molar-refractivity contribution < 1.29 is 4.79 Å². The van der Waals surface area contributed by atoms with E-state index in [1.165, 1.54) is 4.40 Å². The van der Waals surface area contributed by atoms with E-state index in [0.29, 0.717) is 22.1 Å². The molecule has 0 atom stereocenters. The molecule has 1 fully saturated rings. The van der Waals surface area contributed by atoms with Gasteiger partial charge >= 0.3 is 0 Å². The minimum atomic E-state index is -0.151. The number of carbonyl (C=O) groups excluding carboxylic acids is 1. The van der Waals surface area contributed by atoms with Gasteiger partial charge in [-0.3, -0.25) is 14.0 Å². The zero-order chi connectivity index (χ0) is 17.4. The molecule has 3 aromatic rings. The summed E-state index contributed by atoms with van der Waals surface area (Å²) in [5.41, 5.74) is 1.56. The van der Waals surface area contributed by atoms with Crippen LogP contribution in [0.15, 0.2) is 47.4 Å². The first-order chi connectivity index (χ1) is 12.1. The van der Waals surface area contributed by atoms with Crippen molar-refractivity contribution in [2.45, 2.75) is 38.6 Å². The van der Waals surface area contributed by atoms with E-state index in [9.17, 15) is 9.59 Å². The zero-order valence-electron chi connectivity index (χ0n) is 14.2. The van der Waals surface area contributed by atoms with Gasteiger partial charge in [0.05, 0.1) is 16.5 Å². The first kappa shape index (κ1) is 15.8. The van der Waals surface area contributed by atoms with Crippen LogP contribution in [-0.4, -0.2) is 21.3 Å². The molecule has 2 heterocycles. The summed E-state index contributed by atoms with van der Waals surface area (Å²) in [5, 5.41) is 3.66. The van der Waals surface area contributed by atoms with Gasteiger partial charge in [0.2, 0.25) is 0 Å². The fourth-order valence-electron chi connectivity index (χ4n) is 3.56. The van der Waals surface area contributed by atoms with Crippen LogP contribution in [0.25, 0.3) is 16.6 Å². The van der Waals surface area contributed by atoms with Gasteiger partial charge in [0, 0.05) is 12.2 Å². The van der Waals surface area contributed by atoms with E-state index in [0.717, 1.165) is 31.6 Å². The molecule has 128 valence electrons. The monoisotopic (exact) mass is 335 g/mol. The summed E-state index contributed by atoms with van der Waals surface area (Å²) < 4.78 is 1.46. The van der Waals surface area contributed by atoms with E-state index < -0.39 is 0 Å². The molecule has 2 aromatic heterocycles. The maximum Gasteiger partial charge on any atom is 0.265 e. The van der Waals surface area contributed by atoms with Crippen molar-refractivity contribution in [1.29, 1.82) is 0 Å². The lowest BCUT2D eigenvalue weighted by Crippen LogP contribution is -2.37. The second-order valence-electron chi connectivity index (χ2n) is 7.01. The van der Waals surface area contributed by atoms with Crippen molar-refractivity contribution in [2.75, 3.05) is 0 Å². The Morgan fingerprint density at radius 2 is 1.88 bits per heavy atom. The van der Waals surface area contributed by atoms with Crippen LogP contribution < -0.4 is 10.9 Å². The Morgan fingerprint density at radius 1 is 1.12 bits per heavy atom. The first-order valence-electron chi connectivity index (χ1n) is 8.84. The van der Waals surface area contributed by atoms with Crippen LogP contribution in [0.1, 0.15) is 43.0 Å². The maximum atomic E-state index is 12.7. The van der Waals surface area contributed by atoms with Crippen LogP contribution >= 0.6 is 0 Å². The van der Waals surface area contributed by atoms with Crippen LogP contribution in [0.3, 0.4) is 0 Å². The second-order valence-corrected chi connectivity index (χ2v) is 7.01. The number of hydrogen-bond donors (Lipinski definition) is 1. The number of nitrogens with one attached hydrogen (secondary N) is 1. The molecule has 0 saturated heterocycles. The van der Waals surface area contributed by atoms with E-state index in [-0.39, 0.29) is 17.5 Å². The van der Waals surface area contributed by atoms with Crippen molar-refractivity contribution in [2.24, 2.45) is 5.92 Å². The molecule has 1 saturated carbocycles. The molecular weight excluding hydrogens is 314 g/mol. The normalized spacial score (nSPS) is 20.7. The van der Waals surface area contributed by atoms with Gasteiger partial charge in [-0.25, -0.2) is 4.98 Å². The summed E-state index contributed by atoms with van der Waals surface area (Å²) in [7, 11) is 0. The lowest BCUT2D eigenvalue weighted by atomic mass is 9.87. The van der Waals surface area contributed by atoms with Crippen LogP contribution in [0, 0.1) is 5.92 Å². The Balaban J connectivity index is 1.66. The number of rotatable bonds is 2. The molecule has 0 unspecified atom stereocenters. The highest BCUT2D eigenvalue weighted by Crippen LogP contribution is 2.23. The fraction of sp³-hybridized carbons (Fsp3) is 0.350. The highest BCUT2D eigenvalue weighted by atomic mass is 16.2. The molecular formula is C20H21N3O2. The Hall–Kier alpha value is -2.69. The first-order valence-corrected chi connectivity index (χ1v) is 8.84. The summed E-state index contributed by atoms with van der Waals surface area (Å²) >= 11 is 0. The number of fused-ring (bicyclic) bond motifs is 2. The number of aromatic nitrogens is 2. The molecule has 25 heavy (non-hydrogen) atoms. The quantitative estimate of drug-likeness (QED) is 0.732. The number of amides is 1. The van der Waals surface area contributed by atoms with E-state index >= 15 is 0 Å². The summed E-state index contributed by atoms with van der Waals surface area (Å²) in [6.45, 7) is 2.26. The minimum absolute atomic E-state index is 0.124. The third-order valence-corrected chi connectivity index (χ3v) is 5.13. The summed E-state index contributed by atoms with van der Waals surface area (Å²) in [4.78, 5) is 29.7. The SMILES string of the molecule is CC1CCC(NC(=O)c2ccc3nc4ccccc4c(=O)n3c2)CC1. The number of pyridine rings is 1. The number of para-hydroxylation sites is 1. The molecule has 0 spiro atoms. The highest BCUT2D eigenvalue weighted by Gasteiger charge is 2.20. The van der Waals surface area contributed by atoms with Gasteiger partial charge in [0.25, 0.3) is 11.5 Å². The van der Waals surface area contributed by atoms with Crippen LogP contribution in [0.4, 0.5) is 0 Å². The molecule has 0 aliphatic heterocycles. The number of hydrogen-bond acceptors (Lipinski definition) is 3. The van der Waals surface area contributed by atoms with Gasteiger partial charge in [0.15, 0.2) is 0 Å². The Bertz CT molecular complexity index is 1000. The number of benzene rings is 1. The molecule has 0 bridgehead atoms. The number of carbonyl (C=O) groups is 1. The summed E-state index contributed by atoms with van der Waals surface area (Å²) in [6, 6.07) is 10.9. The van der Waals surface area contributed by atoms with Crippen molar-refractivity contribution in [3.8, 4) is 0 Å². The molecule has 4 rings (SSSR count). The highest BCUT2D eigenvalue weighted by molar-refractivity contribution is 5.94. The van der Waals surface area contributed by atoms with Gasteiger partial charge in [-0.05, 0) is 55.9 Å². The summed E-state index contributed by atoms with van der Waals surface area (Å²) in [6.07, 6.45) is 5.94. The van der Waals surface area contributed by atoms with Crippen LogP contribution in [0.5, 0.6) is 0 Å². The van der Waals surface area contributed by atoms with Crippen molar-refractivity contribution in [1.82, 2.24) is 14.7 Å². The van der Waals surface area contributed by atoms with Crippen molar-refractivity contribution in [3.05, 3.63) is 58.5 Å². The average Bonchev–Trinajstić information content (AvgIpc) is 2.63. The van der Waals surface area contributed by atoms with Crippen LogP contribution in [-0.2, 0) is 0 Å². The van der Waals surface area contributed by atoms with Crippen molar-refractivity contribution >= 4 is 22.5 Å². The Kier molecular flexibility index (Phi) is 3.99. The van der Waals surface area contributed by atoms with Gasteiger partial charge in [-0.2, -0.15) is 0 Å². The smallest absolute Gasteiger partial charge is 0.265 e. The molecule has 1 N–H and O–H groups in total. The third-order valence-electron chi connectivity index (χ3n) is 5.13. The van der Waals surface area contributed by atoms with Gasteiger partial charge in [-0.1, -0.05) is 19.1 Å². The van der Waals surface area contributed by atoms with E-state index in [2.05, 4.69) is 17.2 Å². The predicted octanol–water partition coefficient (Wildman–Crippen LogP) is 3.16. The Morgan fingerprint density at radius 3 is 2.68 bits per heavy atom. The minimum Gasteiger partial charge on any atom is -0.349 e. The topological polar surface area (TPSA) is 63.5 Å². The van der Waals surface area contributed by atoms with E-state index in [4.69, 9.17) is 0 Å². The van der Waals surface area contributed by atoms with E-state index in [1.54, 1.807) is 24.4 Å². The van der Waals surface area contributed by atoms with Crippen molar-refractivity contribution in [3.63, 3.8) is 0 Å². The molecule has 5 heteroatoms. The Labute approximate surface area is 145 Å². The van der Waals surface area contributed by atoms with Gasteiger partial charge < -0.3 is 5.32 Å². The average molecular weight is 335 g/mol. The molecule has 1 amide bonds. The molecule has 1 aliphatic rings. The van der Waals surface area contributed by atoms with Gasteiger partial charge in [0.1, 0.15) is 5.65 Å². The lowest BCUT2D eigenvalue weighted by molar-refractivity contribution is 0.0922. The predicted molar refractivity (Wildman–Crippen MR) is 97.9 cm³/mol. The van der Waals surface area contributed by atoms with E-state index in [1.807, 2.05) is 18.2 Å². The maximum absolute atomic E-state index is 12.7. The lowest BCUT2D eigenvalue weighted by Gasteiger charge is -2.26. The third kappa shape index (κ3) is 3.02. The number of nitrogens with zero attached hydrogens (tertiary/aromatic N) is 2. The molecule has 5 nitrogen and oxygen atoms in total. The van der Waals surface area contributed by atoms with Gasteiger partial charge in [-0.15, -0.1) is 0 Å². The second kappa shape index (κ2) is 6.31. The zero-order valence-corrected chi connectivity index (χ0v) is 14.2.